The number of hydrogen-bond acceptors (Lipinski definition) is 7. The lowest BCUT2D eigenvalue weighted by Crippen LogP contribution is -2.54. The van der Waals surface area contributed by atoms with Crippen LogP contribution in [0.4, 0.5) is 0 Å². The molecule has 42 heavy (non-hydrogen) atoms. The van der Waals surface area contributed by atoms with Crippen LogP contribution >= 0.6 is 11.6 Å². The van der Waals surface area contributed by atoms with Gasteiger partial charge in [-0.3, -0.25) is 14.4 Å². The fraction of sp³-hybridized carbons (Fsp3) is 0.645. The van der Waals surface area contributed by atoms with E-state index in [9.17, 15) is 19.5 Å². The van der Waals surface area contributed by atoms with Crippen molar-refractivity contribution < 1.29 is 24.2 Å². The number of aliphatic carboxylic acids is 1. The van der Waals surface area contributed by atoms with Crippen molar-refractivity contribution in [3.63, 3.8) is 0 Å². The molecular formula is C31H42ClN5O5. The normalized spacial score (nSPS) is 28.8. The highest BCUT2D eigenvalue weighted by atomic mass is 35.5. The molecule has 3 atom stereocenters. The van der Waals surface area contributed by atoms with Crippen molar-refractivity contribution in [1.29, 1.82) is 0 Å². The maximum Gasteiger partial charge on any atom is 0.310 e. The first-order valence-corrected chi connectivity index (χ1v) is 15.6. The molecule has 5 N–H and O–H groups in total. The number of carboxylic acid groups (broad SMARTS) is 1. The Morgan fingerprint density at radius 1 is 1.19 bits per heavy atom. The number of carbonyl (C=O) groups excluding carboxylic acids is 2. The second kappa shape index (κ2) is 10.6. The number of allylic oxidation sites excluding steroid dienone is 1. The van der Waals surface area contributed by atoms with Gasteiger partial charge in [0.1, 0.15) is 18.5 Å². The monoisotopic (exact) mass is 599 g/mol. The number of likely N-dealkylation sites (tertiary alicyclic amines) is 1. The Bertz CT molecular complexity index is 1330. The van der Waals surface area contributed by atoms with Crippen molar-refractivity contribution in [2.24, 2.45) is 34.2 Å². The van der Waals surface area contributed by atoms with Gasteiger partial charge in [-0.25, -0.2) is 5.84 Å². The lowest BCUT2D eigenvalue weighted by atomic mass is 9.66. The summed E-state index contributed by atoms with van der Waals surface area (Å²) in [6.07, 6.45) is 6.76. The summed E-state index contributed by atoms with van der Waals surface area (Å²) in [6.45, 7) is 2.68. The third kappa shape index (κ3) is 5.00. The zero-order chi connectivity index (χ0) is 30.0. The molecule has 4 fully saturated rings. The van der Waals surface area contributed by atoms with Crippen molar-refractivity contribution in [3.8, 4) is 5.75 Å². The summed E-state index contributed by atoms with van der Waals surface area (Å²) < 4.78 is 6.38. The molecule has 0 aromatic heterocycles. The van der Waals surface area contributed by atoms with Gasteiger partial charge in [-0.2, -0.15) is 0 Å². The maximum absolute atomic E-state index is 14.4. The molecule has 5 aliphatic rings. The second-order valence-electron chi connectivity index (χ2n) is 13.4. The first kappa shape index (κ1) is 29.1. The van der Waals surface area contributed by atoms with Gasteiger partial charge in [0.05, 0.1) is 22.7 Å². The van der Waals surface area contributed by atoms with E-state index >= 15 is 0 Å². The Labute approximate surface area is 251 Å². The Morgan fingerprint density at radius 2 is 1.93 bits per heavy atom. The Hall–Kier alpha value is -2.98. The van der Waals surface area contributed by atoms with Gasteiger partial charge >= 0.3 is 5.97 Å². The van der Waals surface area contributed by atoms with Crippen molar-refractivity contribution >= 4 is 29.4 Å². The van der Waals surface area contributed by atoms with Gasteiger partial charge in [0.15, 0.2) is 0 Å². The molecule has 1 spiro atoms. The highest BCUT2D eigenvalue weighted by Gasteiger charge is 2.56. The molecule has 10 nitrogen and oxygen atoms in total. The molecule has 1 saturated heterocycles. The minimum absolute atomic E-state index is 0.00102. The van der Waals surface area contributed by atoms with Crippen LogP contribution in [0.1, 0.15) is 82.0 Å². The van der Waals surface area contributed by atoms with Crippen molar-refractivity contribution in [2.75, 3.05) is 26.7 Å². The first-order valence-electron chi connectivity index (χ1n) is 15.2. The van der Waals surface area contributed by atoms with Crippen molar-refractivity contribution in [2.45, 2.75) is 77.3 Å². The lowest BCUT2D eigenvalue weighted by molar-refractivity contribution is -0.165. The van der Waals surface area contributed by atoms with Crippen LogP contribution in [0.15, 0.2) is 23.5 Å². The third-order valence-electron chi connectivity index (χ3n) is 10.4. The quantitative estimate of drug-likeness (QED) is 0.303. The number of hydrogen-bond donors (Lipinski definition) is 3. The zero-order valence-electron chi connectivity index (χ0n) is 24.5. The van der Waals surface area contributed by atoms with Crippen LogP contribution in [0.25, 0.3) is 0 Å². The molecule has 2 amide bonds. The number of ether oxygens (including phenoxy) is 1. The van der Waals surface area contributed by atoms with Crippen LogP contribution in [0.2, 0.25) is 5.02 Å². The second-order valence-corrected chi connectivity index (χ2v) is 13.8. The van der Waals surface area contributed by atoms with Gasteiger partial charge in [0.25, 0.3) is 0 Å². The number of hydrazine groups is 1. The van der Waals surface area contributed by atoms with E-state index in [0.717, 1.165) is 49.8 Å². The van der Waals surface area contributed by atoms with Crippen molar-refractivity contribution in [1.82, 2.24) is 14.8 Å². The lowest BCUT2D eigenvalue weighted by Gasteiger charge is -2.47. The number of carboxylic acids is 1. The highest BCUT2D eigenvalue weighted by molar-refractivity contribution is 6.31. The average molecular weight is 600 g/mol. The van der Waals surface area contributed by atoms with Crippen LogP contribution in [-0.2, 0) is 20.8 Å². The molecule has 1 aromatic rings. The zero-order valence-corrected chi connectivity index (χ0v) is 25.3. The Balaban J connectivity index is 1.40. The van der Waals surface area contributed by atoms with Crippen LogP contribution in [-0.4, -0.2) is 64.4 Å². The molecule has 1 aromatic carbocycles. The maximum atomic E-state index is 14.4. The van der Waals surface area contributed by atoms with E-state index in [-0.39, 0.29) is 23.8 Å². The van der Waals surface area contributed by atoms with E-state index < -0.39 is 23.5 Å². The highest BCUT2D eigenvalue weighted by Crippen LogP contribution is 2.56. The molecule has 11 heteroatoms. The number of amides is 2. The van der Waals surface area contributed by atoms with E-state index in [1.54, 1.807) is 36.0 Å². The molecule has 2 unspecified atom stereocenters. The van der Waals surface area contributed by atoms with E-state index in [1.807, 2.05) is 4.90 Å². The molecule has 6 rings (SSSR count). The van der Waals surface area contributed by atoms with E-state index in [0.29, 0.717) is 66.7 Å². The summed E-state index contributed by atoms with van der Waals surface area (Å²) in [6, 6.07) is 3.58. The van der Waals surface area contributed by atoms with Crippen molar-refractivity contribution in [3.05, 3.63) is 39.7 Å². The van der Waals surface area contributed by atoms with Gasteiger partial charge in [-0.15, -0.1) is 0 Å². The van der Waals surface area contributed by atoms with Crippen LogP contribution in [0, 0.1) is 22.7 Å². The SMILES string of the molecule is CN(N)/C(=C(\N)COc1ccc(Cl)c2c1C(N1CC3(CC3)CC1=O)N(C(=O)C1CCCC[C@]1(C)C(=O)O)CC2)C1CC1. The molecule has 0 radical (unpaired) electrons. The molecule has 3 saturated carbocycles. The largest absolute Gasteiger partial charge is 0.487 e. The number of benzene rings is 1. The number of fused-ring (bicyclic) bond motifs is 1. The van der Waals surface area contributed by atoms with E-state index in [1.165, 1.54) is 0 Å². The smallest absolute Gasteiger partial charge is 0.310 e. The number of nitrogens with zero attached hydrogens (tertiary/aromatic N) is 3. The standard InChI is InChI=1S/C31H42ClN5O5/c1-30(29(40)41)11-4-3-5-20(30)28(39)36-14-10-19-21(32)8-9-23(42-16-22(33)26(35(2)34)18-6-7-18)25(19)27(36)37-17-31(12-13-31)15-24(37)38/h8-9,18,20,27H,3-7,10-17,33-34H2,1-2H3,(H,40,41)/b26-22-/t20?,27?,30-/m0/s1. The minimum Gasteiger partial charge on any atom is -0.487 e. The predicted octanol–water partition coefficient (Wildman–Crippen LogP) is 3.78. The fourth-order valence-corrected chi connectivity index (χ4v) is 7.81. The van der Waals surface area contributed by atoms with Crippen LogP contribution < -0.4 is 16.3 Å². The Kier molecular flexibility index (Phi) is 7.37. The fourth-order valence-electron chi connectivity index (χ4n) is 7.56. The average Bonchev–Trinajstić information content (AvgIpc) is 3.88. The summed E-state index contributed by atoms with van der Waals surface area (Å²) in [4.78, 5) is 44.1. The Morgan fingerprint density at radius 3 is 2.55 bits per heavy atom. The van der Waals surface area contributed by atoms with E-state index in [2.05, 4.69) is 0 Å². The van der Waals surface area contributed by atoms with Gasteiger partial charge in [0, 0.05) is 43.1 Å². The summed E-state index contributed by atoms with van der Waals surface area (Å²) in [5, 5.41) is 12.3. The van der Waals surface area contributed by atoms with Crippen LogP contribution in [0.3, 0.4) is 0 Å². The summed E-state index contributed by atoms with van der Waals surface area (Å²) in [7, 11) is 1.77. The summed E-state index contributed by atoms with van der Waals surface area (Å²) in [5.41, 5.74) is 8.24. The topological polar surface area (TPSA) is 142 Å². The van der Waals surface area contributed by atoms with Gasteiger partial charge in [-0.05, 0) is 75.0 Å². The van der Waals surface area contributed by atoms with E-state index in [4.69, 9.17) is 27.9 Å². The minimum atomic E-state index is -1.16. The molecular weight excluding hydrogens is 558 g/mol. The molecule has 2 heterocycles. The first-order chi connectivity index (χ1) is 20.0. The summed E-state index contributed by atoms with van der Waals surface area (Å²) >= 11 is 6.76. The number of halogens is 1. The molecule has 228 valence electrons. The van der Waals surface area contributed by atoms with Crippen LogP contribution in [0.5, 0.6) is 5.75 Å². The molecule has 2 aliphatic heterocycles. The van der Waals surface area contributed by atoms with Gasteiger partial charge in [0.2, 0.25) is 11.8 Å². The van der Waals surface area contributed by atoms with Gasteiger partial charge < -0.3 is 30.4 Å². The van der Waals surface area contributed by atoms with Gasteiger partial charge in [-0.1, -0.05) is 24.4 Å². The number of rotatable bonds is 8. The molecule has 3 aliphatic carbocycles. The molecule has 0 bridgehead atoms. The summed E-state index contributed by atoms with van der Waals surface area (Å²) in [5.74, 6) is 5.08. The number of carbonyl (C=O) groups is 3. The third-order valence-corrected chi connectivity index (χ3v) is 10.7. The number of nitrogens with two attached hydrogens (primary N) is 2. The predicted molar refractivity (Wildman–Crippen MR) is 157 cm³/mol.